The number of benzene rings is 3. The second-order valence-electron chi connectivity index (χ2n) is 10.0. The Balaban J connectivity index is 1.78. The number of rotatable bonds is 12. The van der Waals surface area contributed by atoms with E-state index >= 15 is 0 Å². The molecule has 0 saturated heterocycles. The van der Waals surface area contributed by atoms with Gasteiger partial charge in [0.2, 0.25) is 0 Å². The molecule has 1 aromatic heterocycles. The van der Waals surface area contributed by atoms with Crippen molar-refractivity contribution < 1.29 is 19.4 Å². The maximum absolute atomic E-state index is 13.1. The van der Waals surface area contributed by atoms with Crippen molar-refractivity contribution in [2.24, 2.45) is 5.73 Å². The molecule has 0 fully saturated rings. The SMILES string of the molecule is COc1cc(C(Cc2ccc(C(=N)N)cc2)c2nn(-c3ccccc3C(=O)O)c(=O)[nH]2)ccc1OC(C)CN(C)C. The van der Waals surface area contributed by atoms with Gasteiger partial charge in [0, 0.05) is 18.0 Å². The highest BCUT2D eigenvalue weighted by Crippen LogP contribution is 2.35. The summed E-state index contributed by atoms with van der Waals surface area (Å²) in [4.78, 5) is 29.8. The number of hydrogen-bond acceptors (Lipinski definition) is 7. The number of hydrogen-bond donors (Lipinski definition) is 4. The number of ether oxygens (including phenoxy) is 2. The van der Waals surface area contributed by atoms with Crippen molar-refractivity contribution in [2.75, 3.05) is 27.7 Å². The molecule has 2 atom stereocenters. The molecule has 1 heterocycles. The second kappa shape index (κ2) is 12.5. The van der Waals surface area contributed by atoms with Gasteiger partial charge in [-0.1, -0.05) is 42.5 Å². The molecule has 0 spiro atoms. The summed E-state index contributed by atoms with van der Waals surface area (Å²) in [5.41, 5.74) is 7.50. The summed E-state index contributed by atoms with van der Waals surface area (Å²) < 4.78 is 12.9. The van der Waals surface area contributed by atoms with Gasteiger partial charge in [0.25, 0.3) is 0 Å². The van der Waals surface area contributed by atoms with Crippen LogP contribution in [0.3, 0.4) is 0 Å². The number of likely N-dealkylation sites (N-methyl/N-ethyl adjacent to an activating group) is 1. The van der Waals surface area contributed by atoms with Crippen LogP contribution in [0.2, 0.25) is 0 Å². The Bertz CT molecular complexity index is 1590. The minimum atomic E-state index is -1.16. The molecule has 0 aliphatic carbocycles. The molecular weight excluding hydrogens is 524 g/mol. The highest BCUT2D eigenvalue weighted by molar-refractivity contribution is 5.94. The number of amidine groups is 1. The molecule has 2 unspecified atom stereocenters. The van der Waals surface area contributed by atoms with Crippen LogP contribution < -0.4 is 20.9 Å². The monoisotopic (exact) mass is 558 g/mol. The highest BCUT2D eigenvalue weighted by Gasteiger charge is 2.24. The topological polar surface area (TPSA) is 160 Å². The first-order valence-corrected chi connectivity index (χ1v) is 13.0. The van der Waals surface area contributed by atoms with Gasteiger partial charge in [-0.05, 0) is 62.8 Å². The van der Waals surface area contributed by atoms with Crippen molar-refractivity contribution >= 4 is 11.8 Å². The van der Waals surface area contributed by atoms with Crippen LogP contribution in [-0.4, -0.2) is 70.4 Å². The van der Waals surface area contributed by atoms with Crippen LogP contribution in [0.5, 0.6) is 11.5 Å². The molecule has 4 rings (SSSR count). The number of methoxy groups -OCH3 is 1. The molecule has 0 saturated carbocycles. The van der Waals surface area contributed by atoms with E-state index in [0.29, 0.717) is 29.3 Å². The Kier molecular flexibility index (Phi) is 8.88. The third-order valence-electron chi connectivity index (χ3n) is 6.57. The molecular formula is C30H34N6O5. The van der Waals surface area contributed by atoms with E-state index in [1.807, 2.05) is 56.3 Å². The lowest BCUT2D eigenvalue weighted by molar-refractivity contribution is 0.0696. The van der Waals surface area contributed by atoms with Crippen molar-refractivity contribution in [3.63, 3.8) is 0 Å². The molecule has 214 valence electrons. The molecule has 11 nitrogen and oxygen atoms in total. The summed E-state index contributed by atoms with van der Waals surface area (Å²) in [6.45, 7) is 2.70. The third-order valence-corrected chi connectivity index (χ3v) is 6.57. The molecule has 11 heteroatoms. The number of H-pyrrole nitrogens is 1. The number of carboxylic acid groups (broad SMARTS) is 1. The Morgan fingerprint density at radius 3 is 2.46 bits per heavy atom. The lowest BCUT2D eigenvalue weighted by atomic mass is 9.90. The van der Waals surface area contributed by atoms with Gasteiger partial charge in [0.05, 0.1) is 18.4 Å². The summed E-state index contributed by atoms with van der Waals surface area (Å²) in [5.74, 6) is -0.165. The lowest BCUT2D eigenvalue weighted by Gasteiger charge is -2.22. The van der Waals surface area contributed by atoms with E-state index in [9.17, 15) is 14.7 Å². The van der Waals surface area contributed by atoms with Gasteiger partial charge in [0.15, 0.2) is 11.5 Å². The Morgan fingerprint density at radius 2 is 1.83 bits per heavy atom. The normalized spacial score (nSPS) is 12.6. The predicted octanol–water partition coefficient (Wildman–Crippen LogP) is 3.25. The molecule has 4 aromatic rings. The minimum Gasteiger partial charge on any atom is -0.493 e. The Morgan fingerprint density at radius 1 is 1.12 bits per heavy atom. The van der Waals surface area contributed by atoms with Crippen molar-refractivity contribution in [2.45, 2.75) is 25.4 Å². The van der Waals surface area contributed by atoms with Crippen LogP contribution in [0.25, 0.3) is 5.69 Å². The van der Waals surface area contributed by atoms with Crippen molar-refractivity contribution in [1.29, 1.82) is 5.41 Å². The first kappa shape index (κ1) is 29.1. The summed E-state index contributed by atoms with van der Waals surface area (Å²) in [7, 11) is 5.52. The maximum Gasteiger partial charge on any atom is 0.348 e. The second-order valence-corrected chi connectivity index (χ2v) is 10.0. The van der Waals surface area contributed by atoms with Gasteiger partial charge in [-0.15, -0.1) is 5.10 Å². The zero-order valence-corrected chi connectivity index (χ0v) is 23.4. The molecule has 0 aliphatic rings. The van der Waals surface area contributed by atoms with E-state index in [4.69, 9.17) is 20.6 Å². The van der Waals surface area contributed by atoms with Crippen LogP contribution >= 0.6 is 0 Å². The first-order chi connectivity index (χ1) is 19.6. The minimum absolute atomic E-state index is 0.0305. The van der Waals surface area contributed by atoms with E-state index in [1.54, 1.807) is 31.4 Å². The molecule has 0 amide bonds. The predicted molar refractivity (Wildman–Crippen MR) is 156 cm³/mol. The number of aromatic amines is 1. The van der Waals surface area contributed by atoms with Gasteiger partial charge in [0.1, 0.15) is 17.8 Å². The first-order valence-electron chi connectivity index (χ1n) is 13.0. The molecule has 0 aliphatic heterocycles. The fraction of sp³-hybridized carbons (Fsp3) is 0.267. The number of nitrogens with two attached hydrogens (primary N) is 1. The largest absolute Gasteiger partial charge is 0.493 e. The zero-order chi connectivity index (χ0) is 29.7. The van der Waals surface area contributed by atoms with Crippen LogP contribution in [0.1, 0.15) is 45.7 Å². The van der Waals surface area contributed by atoms with Gasteiger partial charge < -0.3 is 25.2 Å². The van der Waals surface area contributed by atoms with Crippen molar-refractivity contribution in [1.82, 2.24) is 19.7 Å². The standard InChI is InChI=1S/C30H34N6O5/c1-18(17-35(2)3)41-25-14-13-21(16-26(25)40-4)23(15-19-9-11-20(12-10-19)27(31)32)28-33-30(39)36(34-28)24-8-6-5-7-22(24)29(37)38/h5-14,16,18,23H,15,17H2,1-4H3,(H3,31,32)(H,37,38)(H,33,34,39). The third kappa shape index (κ3) is 6.82. The fourth-order valence-corrected chi connectivity index (χ4v) is 4.69. The molecule has 5 N–H and O–H groups in total. The van der Waals surface area contributed by atoms with E-state index in [-0.39, 0.29) is 23.2 Å². The van der Waals surface area contributed by atoms with Gasteiger partial charge >= 0.3 is 11.7 Å². The number of nitrogen functional groups attached to an aromatic ring is 1. The highest BCUT2D eigenvalue weighted by atomic mass is 16.5. The van der Waals surface area contributed by atoms with Gasteiger partial charge in [-0.3, -0.25) is 10.4 Å². The fourth-order valence-electron chi connectivity index (χ4n) is 4.69. The number of nitrogens with one attached hydrogen (secondary N) is 2. The smallest absolute Gasteiger partial charge is 0.348 e. The number of aromatic nitrogens is 3. The number of para-hydroxylation sites is 1. The molecule has 41 heavy (non-hydrogen) atoms. The average molecular weight is 559 g/mol. The van der Waals surface area contributed by atoms with E-state index in [2.05, 4.69) is 10.1 Å². The molecule has 0 bridgehead atoms. The van der Waals surface area contributed by atoms with Crippen LogP contribution in [0.4, 0.5) is 0 Å². The quantitative estimate of drug-likeness (QED) is 0.152. The summed E-state index contributed by atoms with van der Waals surface area (Å²) in [6.07, 6.45) is 0.355. The zero-order valence-electron chi connectivity index (χ0n) is 23.4. The number of aromatic carboxylic acids is 1. The van der Waals surface area contributed by atoms with Gasteiger partial charge in [-0.25, -0.2) is 9.59 Å². The summed E-state index contributed by atoms with van der Waals surface area (Å²) >= 11 is 0. The van der Waals surface area contributed by atoms with Gasteiger partial charge in [-0.2, -0.15) is 4.68 Å². The maximum atomic E-state index is 13.1. The Hall–Kier alpha value is -4.90. The van der Waals surface area contributed by atoms with Crippen LogP contribution in [0.15, 0.2) is 71.5 Å². The van der Waals surface area contributed by atoms with Crippen LogP contribution in [-0.2, 0) is 6.42 Å². The molecule has 0 radical (unpaired) electrons. The van der Waals surface area contributed by atoms with E-state index < -0.39 is 17.6 Å². The van der Waals surface area contributed by atoms with Crippen molar-refractivity contribution in [3.8, 4) is 17.2 Å². The van der Waals surface area contributed by atoms with Crippen LogP contribution in [0, 0.1) is 5.41 Å². The van der Waals surface area contributed by atoms with E-state index in [1.165, 1.54) is 12.1 Å². The average Bonchev–Trinajstić information content (AvgIpc) is 3.32. The van der Waals surface area contributed by atoms with E-state index in [0.717, 1.165) is 22.4 Å². The summed E-state index contributed by atoms with van der Waals surface area (Å²) in [5, 5.41) is 21.9. The number of carbonyl (C=O) groups is 1. The molecule has 3 aromatic carbocycles. The number of carboxylic acids is 1. The lowest BCUT2D eigenvalue weighted by Crippen LogP contribution is -2.28. The summed E-state index contributed by atoms with van der Waals surface area (Å²) in [6, 6.07) is 19.1. The van der Waals surface area contributed by atoms with Crippen molar-refractivity contribution in [3.05, 3.63) is 105 Å². The number of nitrogens with zero attached hydrogens (tertiary/aromatic N) is 3. The Labute approximate surface area is 237 Å².